The van der Waals surface area contributed by atoms with Gasteiger partial charge in [-0.2, -0.15) is 0 Å². The molecule has 0 aromatic carbocycles. The lowest BCUT2D eigenvalue weighted by Crippen LogP contribution is -2.03. The normalized spacial score (nSPS) is 12.1. The first-order chi connectivity index (χ1) is 8.66. The van der Waals surface area contributed by atoms with Gasteiger partial charge in [0.15, 0.2) is 0 Å². The molecule has 0 amide bonds. The molecule has 0 aromatic rings. The van der Waals surface area contributed by atoms with Crippen molar-refractivity contribution in [2.75, 3.05) is 0 Å². The summed E-state index contributed by atoms with van der Waals surface area (Å²) in [6.45, 7) is 1.55. The van der Waals surface area contributed by atoms with Gasteiger partial charge in [-0.05, 0) is 32.3 Å². The van der Waals surface area contributed by atoms with Crippen molar-refractivity contribution < 1.29 is 9.90 Å². The van der Waals surface area contributed by atoms with Crippen LogP contribution in [-0.2, 0) is 4.79 Å². The third-order valence-corrected chi connectivity index (χ3v) is 2.14. The molecular weight excluding hydrogens is 224 g/mol. The van der Waals surface area contributed by atoms with Gasteiger partial charge in [0.05, 0.1) is 0 Å². The Balaban J connectivity index is 3.75. The van der Waals surface area contributed by atoms with Crippen molar-refractivity contribution in [3.05, 3.63) is 24.3 Å². The predicted octanol–water partition coefficient (Wildman–Crippen LogP) is 2.64. The maximum Gasteiger partial charge on any atom is 0.129 e. The molecule has 18 heavy (non-hydrogen) atoms. The molecule has 0 aliphatic carbocycles. The summed E-state index contributed by atoms with van der Waals surface area (Å²) in [5.74, 6) is 8.15. The molecule has 0 unspecified atom stereocenters. The molecule has 0 spiro atoms. The fourth-order valence-corrected chi connectivity index (χ4v) is 1.21. The van der Waals surface area contributed by atoms with Gasteiger partial charge >= 0.3 is 0 Å². The number of aliphatic hydroxyl groups is 1. The van der Waals surface area contributed by atoms with Crippen molar-refractivity contribution in [2.45, 2.75) is 45.1 Å². The highest BCUT2D eigenvalue weighted by Gasteiger charge is 1.99. The van der Waals surface area contributed by atoms with Crippen LogP contribution in [0.1, 0.15) is 39.0 Å². The Kier molecular flexibility index (Phi) is 10.6. The van der Waals surface area contributed by atoms with Crippen LogP contribution in [0.15, 0.2) is 24.3 Å². The van der Waals surface area contributed by atoms with Crippen molar-refractivity contribution in [1.82, 2.24) is 0 Å². The number of unbranched alkanes of at least 4 members (excludes halogenated alkanes) is 1. The van der Waals surface area contributed by atoms with Crippen LogP contribution in [0.5, 0.6) is 0 Å². The first kappa shape index (κ1) is 16.2. The maximum atomic E-state index is 10.7. The minimum atomic E-state index is -0.653. The number of rotatable bonds is 7. The quantitative estimate of drug-likeness (QED) is 0.424. The second kappa shape index (κ2) is 11.7. The second-order valence-corrected chi connectivity index (χ2v) is 3.93. The van der Waals surface area contributed by atoms with Crippen molar-refractivity contribution >= 4 is 5.78 Å². The Hall–Kier alpha value is -1.77. The summed E-state index contributed by atoms with van der Waals surface area (Å²) in [6, 6.07) is 0. The lowest BCUT2D eigenvalue weighted by molar-refractivity contribution is -0.117. The Morgan fingerprint density at radius 2 is 2.22 bits per heavy atom. The van der Waals surface area contributed by atoms with E-state index in [4.69, 9.17) is 6.42 Å². The molecule has 1 atom stereocenters. The maximum absolute atomic E-state index is 10.7. The standard InChI is InChI=1S/C16H20O2/c1-3-4-5-6-7-8-9-10-13-16(18)14-11-12-15(2)17/h1,6-9,16,18H,4-5,11-12,14H2,2H3/b7-6+,9-8+/t16-/m1/s1. The van der Waals surface area contributed by atoms with Crippen LogP contribution in [-0.4, -0.2) is 17.0 Å². The van der Waals surface area contributed by atoms with Crippen LogP contribution < -0.4 is 0 Å². The number of aliphatic hydroxyl groups excluding tert-OH is 1. The van der Waals surface area contributed by atoms with Crippen molar-refractivity contribution in [3.8, 4) is 24.2 Å². The highest BCUT2D eigenvalue weighted by atomic mass is 16.3. The van der Waals surface area contributed by atoms with Gasteiger partial charge in [0, 0.05) is 12.8 Å². The Labute approximate surface area is 110 Å². The van der Waals surface area contributed by atoms with Gasteiger partial charge in [-0.25, -0.2) is 0 Å². The van der Waals surface area contributed by atoms with E-state index in [0.29, 0.717) is 19.3 Å². The number of carbonyl (C=O) groups excluding carboxylic acids is 1. The zero-order valence-electron chi connectivity index (χ0n) is 10.9. The fraction of sp³-hybridized carbons (Fsp3) is 0.438. The summed E-state index contributed by atoms with van der Waals surface area (Å²) in [5.41, 5.74) is 0. The topological polar surface area (TPSA) is 37.3 Å². The molecule has 0 aliphatic heterocycles. The Morgan fingerprint density at radius 1 is 1.44 bits per heavy atom. The molecule has 0 rings (SSSR count). The molecule has 0 heterocycles. The summed E-state index contributed by atoms with van der Waals surface area (Å²) >= 11 is 0. The van der Waals surface area contributed by atoms with Crippen LogP contribution in [0.3, 0.4) is 0 Å². The molecule has 0 aromatic heterocycles. The average Bonchev–Trinajstić information content (AvgIpc) is 2.32. The zero-order valence-corrected chi connectivity index (χ0v) is 10.9. The highest BCUT2D eigenvalue weighted by Crippen LogP contribution is 2.00. The Bertz CT molecular complexity index is 386. The number of Topliss-reactive ketones (excluding diaryl/α,β-unsaturated/α-hetero) is 1. The van der Waals surface area contributed by atoms with Crippen molar-refractivity contribution in [2.24, 2.45) is 0 Å². The van der Waals surface area contributed by atoms with Crippen LogP contribution in [0, 0.1) is 24.2 Å². The zero-order chi connectivity index (χ0) is 13.6. The van der Waals surface area contributed by atoms with Gasteiger partial charge < -0.3 is 9.90 Å². The van der Waals surface area contributed by atoms with E-state index >= 15 is 0 Å². The number of hydrogen-bond donors (Lipinski definition) is 1. The molecule has 1 N–H and O–H groups in total. The lowest BCUT2D eigenvalue weighted by Gasteiger charge is -2.00. The van der Waals surface area contributed by atoms with E-state index in [1.54, 1.807) is 13.0 Å². The molecule has 0 fully saturated rings. The fourth-order valence-electron chi connectivity index (χ4n) is 1.21. The predicted molar refractivity (Wildman–Crippen MR) is 74.7 cm³/mol. The number of hydrogen-bond acceptors (Lipinski definition) is 2. The summed E-state index contributed by atoms with van der Waals surface area (Å²) in [5, 5.41) is 9.48. The summed E-state index contributed by atoms with van der Waals surface area (Å²) in [4.78, 5) is 10.7. The number of allylic oxidation sites excluding steroid dienone is 4. The first-order valence-corrected chi connectivity index (χ1v) is 6.10. The van der Waals surface area contributed by atoms with Gasteiger partial charge in [-0.3, -0.25) is 0 Å². The van der Waals surface area contributed by atoms with Crippen molar-refractivity contribution in [3.63, 3.8) is 0 Å². The van der Waals surface area contributed by atoms with E-state index in [1.807, 2.05) is 18.2 Å². The van der Waals surface area contributed by atoms with Crippen LogP contribution in [0.25, 0.3) is 0 Å². The van der Waals surface area contributed by atoms with E-state index in [9.17, 15) is 9.90 Å². The highest BCUT2D eigenvalue weighted by molar-refractivity contribution is 5.75. The van der Waals surface area contributed by atoms with Gasteiger partial charge in [0.2, 0.25) is 0 Å². The number of ketones is 1. The molecule has 0 saturated heterocycles. The van der Waals surface area contributed by atoms with Gasteiger partial charge in [0.25, 0.3) is 0 Å². The largest absolute Gasteiger partial charge is 0.380 e. The molecular formula is C16H20O2. The average molecular weight is 244 g/mol. The third-order valence-electron chi connectivity index (χ3n) is 2.14. The second-order valence-electron chi connectivity index (χ2n) is 3.93. The van der Waals surface area contributed by atoms with Gasteiger partial charge in [-0.1, -0.05) is 30.1 Å². The Morgan fingerprint density at radius 3 is 2.89 bits per heavy atom. The monoisotopic (exact) mass is 244 g/mol. The van der Waals surface area contributed by atoms with E-state index in [2.05, 4.69) is 17.8 Å². The van der Waals surface area contributed by atoms with E-state index in [-0.39, 0.29) is 5.78 Å². The van der Waals surface area contributed by atoms with Crippen LogP contribution in [0.2, 0.25) is 0 Å². The van der Waals surface area contributed by atoms with Gasteiger partial charge in [0.1, 0.15) is 11.9 Å². The van der Waals surface area contributed by atoms with Crippen LogP contribution in [0.4, 0.5) is 0 Å². The lowest BCUT2D eigenvalue weighted by atomic mass is 10.1. The molecule has 2 nitrogen and oxygen atoms in total. The minimum absolute atomic E-state index is 0.146. The van der Waals surface area contributed by atoms with E-state index in [0.717, 1.165) is 12.8 Å². The first-order valence-electron chi connectivity index (χ1n) is 6.10. The van der Waals surface area contributed by atoms with E-state index in [1.165, 1.54) is 0 Å². The van der Waals surface area contributed by atoms with Crippen molar-refractivity contribution in [1.29, 1.82) is 0 Å². The van der Waals surface area contributed by atoms with E-state index < -0.39 is 6.10 Å². The summed E-state index contributed by atoms with van der Waals surface area (Å²) in [7, 11) is 0. The third kappa shape index (κ3) is 12.3. The molecule has 2 heteroatoms. The molecule has 0 bridgehead atoms. The molecule has 0 radical (unpaired) electrons. The number of terminal acetylenes is 1. The molecule has 0 saturated carbocycles. The number of carbonyl (C=O) groups is 1. The molecule has 96 valence electrons. The minimum Gasteiger partial charge on any atom is -0.380 e. The van der Waals surface area contributed by atoms with Gasteiger partial charge in [-0.15, -0.1) is 12.3 Å². The smallest absolute Gasteiger partial charge is 0.129 e. The summed E-state index contributed by atoms with van der Waals surface area (Å²) < 4.78 is 0. The SMILES string of the molecule is C#CCC/C=C/C=C/C#C[C@@H](O)CCCC(C)=O. The van der Waals surface area contributed by atoms with Crippen LogP contribution >= 0.6 is 0 Å². The summed E-state index contributed by atoms with van der Waals surface area (Å²) in [6.07, 6.45) is 15.1. The molecule has 0 aliphatic rings.